The van der Waals surface area contributed by atoms with Crippen LogP contribution in [0.3, 0.4) is 0 Å². The molecule has 4 aromatic rings. The summed E-state index contributed by atoms with van der Waals surface area (Å²) in [5.74, 6) is 1.18. The summed E-state index contributed by atoms with van der Waals surface area (Å²) in [5.41, 5.74) is 2.91. The van der Waals surface area contributed by atoms with Crippen LogP contribution in [0, 0.1) is 0 Å². The molecule has 0 spiro atoms. The van der Waals surface area contributed by atoms with Crippen molar-refractivity contribution >= 4 is 0 Å². The summed E-state index contributed by atoms with van der Waals surface area (Å²) in [7, 11) is 0. The van der Waals surface area contributed by atoms with Gasteiger partial charge in [-0.3, -0.25) is 0 Å². The quantitative estimate of drug-likeness (QED) is 0.475. The summed E-state index contributed by atoms with van der Waals surface area (Å²) >= 11 is 0. The Balaban J connectivity index is 1.52. The van der Waals surface area contributed by atoms with Gasteiger partial charge in [0.25, 0.3) is 5.89 Å². The first-order chi connectivity index (χ1) is 14.7. The second-order valence-corrected chi connectivity index (χ2v) is 6.65. The van der Waals surface area contributed by atoms with Gasteiger partial charge in [0, 0.05) is 16.7 Å². The summed E-state index contributed by atoms with van der Waals surface area (Å²) in [5, 5.41) is 6.13. The molecule has 0 aliphatic heterocycles. The van der Waals surface area contributed by atoms with E-state index in [4.69, 9.17) is 4.52 Å². The third kappa shape index (κ3) is 4.87. The van der Waals surface area contributed by atoms with Crippen molar-refractivity contribution in [2.24, 2.45) is 0 Å². The van der Waals surface area contributed by atoms with E-state index in [-0.39, 0.29) is 11.8 Å². The third-order valence-electron chi connectivity index (χ3n) is 4.65. The van der Waals surface area contributed by atoms with Crippen LogP contribution in [-0.2, 0) is 6.54 Å². The molecule has 152 valence electrons. The van der Waals surface area contributed by atoms with Crippen molar-refractivity contribution in [3.05, 3.63) is 102 Å². The van der Waals surface area contributed by atoms with Crippen LogP contribution in [0.15, 0.2) is 89.5 Å². The molecule has 0 radical (unpaired) electrons. The van der Waals surface area contributed by atoms with Crippen molar-refractivity contribution in [3.63, 3.8) is 0 Å². The number of aromatic nitrogens is 2. The number of hydrogen-bond donors (Lipinski definition) is 1. The molecule has 0 amide bonds. The Morgan fingerprint density at radius 3 is 2.13 bits per heavy atom. The molecule has 4 rings (SSSR count). The molecule has 0 unspecified atom stereocenters. The normalized spacial score (nSPS) is 12.1. The SMILES string of the molecule is FC(F)Oc1ccc([C@H]([NH2+]Cc2nc(-c3ccccc3)no2)c2ccccc2)cc1. The van der Waals surface area contributed by atoms with Crippen LogP contribution < -0.4 is 10.1 Å². The fourth-order valence-electron chi connectivity index (χ4n) is 3.24. The number of alkyl halides is 2. The molecule has 0 fully saturated rings. The maximum atomic E-state index is 12.4. The number of halogens is 2. The van der Waals surface area contributed by atoms with E-state index in [1.807, 2.05) is 60.7 Å². The van der Waals surface area contributed by atoms with Crippen LogP contribution in [-0.4, -0.2) is 16.8 Å². The van der Waals surface area contributed by atoms with Crippen LogP contribution in [0.5, 0.6) is 5.75 Å². The van der Waals surface area contributed by atoms with Gasteiger partial charge in [0.05, 0.1) is 0 Å². The van der Waals surface area contributed by atoms with Gasteiger partial charge in [0.15, 0.2) is 6.54 Å². The average Bonchev–Trinajstić information content (AvgIpc) is 3.25. The highest BCUT2D eigenvalue weighted by molar-refractivity contribution is 5.53. The molecule has 0 saturated carbocycles. The van der Waals surface area contributed by atoms with Crippen LogP contribution in [0.2, 0.25) is 0 Å². The van der Waals surface area contributed by atoms with Crippen molar-refractivity contribution in [2.45, 2.75) is 19.2 Å². The molecular weight excluding hydrogens is 388 g/mol. The van der Waals surface area contributed by atoms with Crippen molar-refractivity contribution in [1.82, 2.24) is 10.1 Å². The van der Waals surface area contributed by atoms with Crippen molar-refractivity contribution in [3.8, 4) is 17.1 Å². The molecule has 5 nitrogen and oxygen atoms in total. The minimum atomic E-state index is -2.84. The van der Waals surface area contributed by atoms with Gasteiger partial charge < -0.3 is 14.6 Å². The monoisotopic (exact) mass is 408 g/mol. The molecule has 0 bridgehead atoms. The lowest BCUT2D eigenvalue weighted by atomic mass is 9.98. The number of nitrogens with zero attached hydrogens (tertiary/aromatic N) is 2. The van der Waals surface area contributed by atoms with E-state index in [1.54, 1.807) is 24.3 Å². The van der Waals surface area contributed by atoms with Gasteiger partial charge in [-0.15, -0.1) is 0 Å². The Hall–Kier alpha value is -3.58. The van der Waals surface area contributed by atoms with Crippen LogP contribution >= 0.6 is 0 Å². The largest absolute Gasteiger partial charge is 0.435 e. The zero-order valence-corrected chi connectivity index (χ0v) is 16.0. The maximum absolute atomic E-state index is 12.4. The van der Waals surface area contributed by atoms with Gasteiger partial charge >= 0.3 is 6.61 Å². The van der Waals surface area contributed by atoms with Crippen LogP contribution in [0.4, 0.5) is 8.78 Å². The zero-order chi connectivity index (χ0) is 20.8. The summed E-state index contributed by atoms with van der Waals surface area (Å²) in [6.45, 7) is -2.38. The van der Waals surface area contributed by atoms with Crippen molar-refractivity contribution in [2.75, 3.05) is 0 Å². The molecule has 0 aliphatic rings. The number of ether oxygens (including phenoxy) is 1. The summed E-state index contributed by atoms with van der Waals surface area (Å²) in [6.07, 6.45) is 0. The van der Waals surface area contributed by atoms with E-state index in [2.05, 4.69) is 20.2 Å². The van der Waals surface area contributed by atoms with Gasteiger partial charge in [-0.2, -0.15) is 13.8 Å². The lowest BCUT2D eigenvalue weighted by Gasteiger charge is -2.16. The third-order valence-corrected chi connectivity index (χ3v) is 4.65. The second-order valence-electron chi connectivity index (χ2n) is 6.65. The van der Waals surface area contributed by atoms with E-state index >= 15 is 0 Å². The van der Waals surface area contributed by atoms with E-state index in [0.29, 0.717) is 18.3 Å². The average molecular weight is 408 g/mol. The van der Waals surface area contributed by atoms with Crippen LogP contribution in [0.25, 0.3) is 11.4 Å². The summed E-state index contributed by atoms with van der Waals surface area (Å²) in [4.78, 5) is 4.47. The molecule has 0 saturated heterocycles. The fraction of sp³-hybridized carbons (Fsp3) is 0.130. The van der Waals surface area contributed by atoms with Gasteiger partial charge in [0.1, 0.15) is 11.8 Å². The van der Waals surface area contributed by atoms with Gasteiger partial charge in [-0.1, -0.05) is 65.8 Å². The molecule has 2 N–H and O–H groups in total. The van der Waals surface area contributed by atoms with Crippen molar-refractivity contribution in [1.29, 1.82) is 0 Å². The van der Waals surface area contributed by atoms with Crippen molar-refractivity contribution < 1.29 is 23.4 Å². The first-order valence-corrected chi connectivity index (χ1v) is 9.50. The number of rotatable bonds is 8. The molecule has 7 heteroatoms. The second kappa shape index (κ2) is 9.28. The number of benzene rings is 3. The highest BCUT2D eigenvalue weighted by Crippen LogP contribution is 2.22. The highest BCUT2D eigenvalue weighted by Gasteiger charge is 2.20. The number of hydrogen-bond acceptors (Lipinski definition) is 4. The Labute approximate surface area is 172 Å². The Morgan fingerprint density at radius 2 is 1.47 bits per heavy atom. The molecular formula is C23H20F2N3O2+. The molecule has 1 atom stereocenters. The van der Waals surface area contributed by atoms with E-state index in [9.17, 15) is 8.78 Å². The van der Waals surface area contributed by atoms with E-state index < -0.39 is 6.61 Å². The zero-order valence-electron chi connectivity index (χ0n) is 16.0. The minimum Gasteiger partial charge on any atom is -0.435 e. The number of quaternary nitrogens is 1. The first kappa shape index (κ1) is 19.7. The topological polar surface area (TPSA) is 64.8 Å². The molecule has 30 heavy (non-hydrogen) atoms. The lowest BCUT2D eigenvalue weighted by Crippen LogP contribution is -2.84. The highest BCUT2D eigenvalue weighted by atomic mass is 19.3. The van der Waals surface area contributed by atoms with Gasteiger partial charge in [0.2, 0.25) is 5.82 Å². The van der Waals surface area contributed by atoms with Crippen LogP contribution in [0.1, 0.15) is 23.1 Å². The Morgan fingerprint density at radius 1 is 0.833 bits per heavy atom. The molecule has 0 aliphatic carbocycles. The van der Waals surface area contributed by atoms with E-state index in [1.165, 1.54) is 0 Å². The minimum absolute atomic E-state index is 0.0705. The van der Waals surface area contributed by atoms with Gasteiger partial charge in [-0.25, -0.2) is 0 Å². The van der Waals surface area contributed by atoms with Gasteiger partial charge in [-0.05, 0) is 24.3 Å². The first-order valence-electron chi connectivity index (χ1n) is 9.50. The smallest absolute Gasteiger partial charge is 0.387 e. The standard InChI is InChI=1S/C23H19F2N3O2/c24-23(25)29-19-13-11-17(12-14-19)21(16-7-3-1-4-8-16)26-15-20-27-22(28-30-20)18-9-5-2-6-10-18/h1-14,21,23,26H,15H2/p+1/t21-/m1/s1. The molecule has 3 aromatic carbocycles. The predicted octanol–water partition coefficient (Wildman–Crippen LogP) is 4.19. The Kier molecular flexibility index (Phi) is 6.10. The molecule has 1 aromatic heterocycles. The molecule has 1 heterocycles. The summed E-state index contributed by atoms with van der Waals surface area (Å²) in [6, 6.07) is 26.1. The predicted molar refractivity (Wildman–Crippen MR) is 107 cm³/mol. The lowest BCUT2D eigenvalue weighted by molar-refractivity contribution is -0.704. The fourth-order valence-corrected chi connectivity index (χ4v) is 3.24. The summed E-state index contributed by atoms with van der Waals surface area (Å²) < 4.78 is 34.7. The van der Waals surface area contributed by atoms with E-state index in [0.717, 1.165) is 16.7 Å². The Bertz CT molecular complexity index is 1050. The number of nitrogens with two attached hydrogens (primary N) is 1. The maximum Gasteiger partial charge on any atom is 0.387 e.